The second-order valence-electron chi connectivity index (χ2n) is 5.64. The van der Waals surface area contributed by atoms with Gasteiger partial charge in [-0.1, -0.05) is 0 Å². The Labute approximate surface area is 108 Å². The van der Waals surface area contributed by atoms with Gasteiger partial charge in [0, 0.05) is 12.4 Å². The average molecular weight is 261 g/mol. The minimum absolute atomic E-state index is 0.339. The zero-order chi connectivity index (χ0) is 14.5. The summed E-state index contributed by atoms with van der Waals surface area (Å²) in [5.74, 6) is -2.53. The molecule has 0 heterocycles. The monoisotopic (exact) mass is 261 g/mol. The molecule has 106 valence electrons. The molecular formula is C12H23NO5. The number of likely N-dealkylation sites (N-methyl/N-ethyl adjacent to an activating group) is 1. The van der Waals surface area contributed by atoms with Crippen molar-refractivity contribution < 1.29 is 29.0 Å². The van der Waals surface area contributed by atoms with Crippen molar-refractivity contribution in [2.75, 3.05) is 27.7 Å². The lowest BCUT2D eigenvalue weighted by atomic mass is 10.1. The Morgan fingerprint density at radius 1 is 1.28 bits per heavy atom. The highest BCUT2D eigenvalue weighted by molar-refractivity contribution is 5.73. The summed E-state index contributed by atoms with van der Waals surface area (Å²) in [5.41, 5.74) is 0. The van der Waals surface area contributed by atoms with Gasteiger partial charge in [-0.2, -0.15) is 0 Å². The van der Waals surface area contributed by atoms with E-state index in [4.69, 9.17) is 4.74 Å². The van der Waals surface area contributed by atoms with Crippen LogP contribution in [0.5, 0.6) is 0 Å². The molecule has 0 aliphatic rings. The van der Waals surface area contributed by atoms with E-state index in [0.717, 1.165) is 0 Å². The highest BCUT2D eigenvalue weighted by Gasteiger charge is 2.26. The SMILES string of the molecule is CC(O)C(C)C(=O)O[C@H](CC(=O)[O-])C[N+](C)(C)C. The number of ether oxygens (including phenoxy) is 1. The third-order valence-electron chi connectivity index (χ3n) is 2.52. The Kier molecular flexibility index (Phi) is 6.28. The van der Waals surface area contributed by atoms with Gasteiger partial charge in [0.2, 0.25) is 0 Å². The molecule has 3 atom stereocenters. The quantitative estimate of drug-likeness (QED) is 0.457. The van der Waals surface area contributed by atoms with Gasteiger partial charge < -0.3 is 24.2 Å². The number of carboxylic acids is 1. The zero-order valence-electron chi connectivity index (χ0n) is 11.7. The van der Waals surface area contributed by atoms with E-state index in [0.29, 0.717) is 11.0 Å². The zero-order valence-corrected chi connectivity index (χ0v) is 11.7. The fraction of sp³-hybridized carbons (Fsp3) is 0.833. The number of esters is 1. The van der Waals surface area contributed by atoms with E-state index in [2.05, 4.69) is 0 Å². The fourth-order valence-electron chi connectivity index (χ4n) is 1.41. The van der Waals surface area contributed by atoms with Crippen molar-refractivity contribution in [1.29, 1.82) is 0 Å². The molecule has 0 fully saturated rings. The van der Waals surface area contributed by atoms with Gasteiger partial charge in [0.25, 0.3) is 0 Å². The first-order valence-electron chi connectivity index (χ1n) is 5.92. The smallest absolute Gasteiger partial charge is 0.311 e. The molecule has 2 unspecified atom stereocenters. The van der Waals surface area contributed by atoms with Gasteiger partial charge in [-0.25, -0.2) is 0 Å². The minimum atomic E-state index is -1.26. The highest BCUT2D eigenvalue weighted by atomic mass is 16.5. The largest absolute Gasteiger partial charge is 0.550 e. The van der Waals surface area contributed by atoms with Crippen molar-refractivity contribution in [1.82, 2.24) is 0 Å². The van der Waals surface area contributed by atoms with Gasteiger partial charge in [-0.05, 0) is 13.8 Å². The van der Waals surface area contributed by atoms with Crippen LogP contribution in [0, 0.1) is 5.92 Å². The van der Waals surface area contributed by atoms with E-state index < -0.39 is 30.1 Å². The van der Waals surface area contributed by atoms with Crippen molar-refractivity contribution >= 4 is 11.9 Å². The van der Waals surface area contributed by atoms with Crippen LogP contribution in [0.3, 0.4) is 0 Å². The minimum Gasteiger partial charge on any atom is -0.550 e. The molecule has 0 amide bonds. The number of hydrogen-bond acceptors (Lipinski definition) is 5. The Hall–Kier alpha value is -1.14. The molecular weight excluding hydrogens is 238 g/mol. The molecule has 0 radical (unpaired) electrons. The number of carbonyl (C=O) groups excluding carboxylic acids is 2. The molecule has 0 bridgehead atoms. The van der Waals surface area contributed by atoms with Crippen LogP contribution in [-0.4, -0.2) is 61.4 Å². The first-order valence-corrected chi connectivity index (χ1v) is 5.92. The number of hydrogen-bond donors (Lipinski definition) is 1. The lowest BCUT2D eigenvalue weighted by Crippen LogP contribution is -2.46. The fourth-order valence-corrected chi connectivity index (χ4v) is 1.41. The van der Waals surface area contributed by atoms with Crippen molar-refractivity contribution in [2.24, 2.45) is 5.92 Å². The molecule has 1 N–H and O–H groups in total. The number of nitrogens with zero attached hydrogens (tertiary/aromatic N) is 1. The van der Waals surface area contributed by atoms with Crippen molar-refractivity contribution in [3.8, 4) is 0 Å². The summed E-state index contributed by atoms with van der Waals surface area (Å²) in [6.45, 7) is 3.39. The molecule has 0 spiro atoms. The van der Waals surface area contributed by atoms with E-state index in [9.17, 15) is 19.8 Å². The van der Waals surface area contributed by atoms with Crippen LogP contribution in [0.1, 0.15) is 20.3 Å². The van der Waals surface area contributed by atoms with Crippen LogP contribution < -0.4 is 5.11 Å². The number of carboxylic acid groups (broad SMARTS) is 1. The molecule has 0 aromatic carbocycles. The number of aliphatic carboxylic acids is 1. The first-order chi connectivity index (χ1) is 8.03. The molecule has 0 saturated carbocycles. The Morgan fingerprint density at radius 2 is 1.78 bits per heavy atom. The number of rotatable bonds is 7. The molecule has 0 aromatic heterocycles. The van der Waals surface area contributed by atoms with Crippen molar-refractivity contribution in [3.05, 3.63) is 0 Å². The maximum Gasteiger partial charge on any atom is 0.311 e. The van der Waals surface area contributed by atoms with Gasteiger partial charge in [0.15, 0.2) is 6.10 Å². The summed E-state index contributed by atoms with van der Waals surface area (Å²) < 4.78 is 5.59. The van der Waals surface area contributed by atoms with Crippen LogP contribution in [-0.2, 0) is 14.3 Å². The van der Waals surface area contributed by atoms with Crippen molar-refractivity contribution in [2.45, 2.75) is 32.5 Å². The summed E-state index contributed by atoms with van der Waals surface area (Å²) >= 11 is 0. The first kappa shape index (κ1) is 16.9. The summed E-state index contributed by atoms with van der Waals surface area (Å²) in [4.78, 5) is 22.3. The summed E-state index contributed by atoms with van der Waals surface area (Å²) in [6.07, 6.45) is -1.91. The Bertz CT molecular complexity index is 295. The van der Waals surface area contributed by atoms with Gasteiger partial charge >= 0.3 is 5.97 Å². The third kappa shape index (κ3) is 7.24. The maximum atomic E-state index is 11.7. The van der Waals surface area contributed by atoms with Gasteiger partial charge in [-0.15, -0.1) is 0 Å². The highest BCUT2D eigenvalue weighted by Crippen LogP contribution is 2.10. The number of aliphatic hydroxyl groups is 1. The van der Waals surface area contributed by atoms with E-state index in [1.54, 1.807) is 0 Å². The Morgan fingerprint density at radius 3 is 2.11 bits per heavy atom. The van der Waals surface area contributed by atoms with Crippen LogP contribution in [0.25, 0.3) is 0 Å². The summed E-state index contributed by atoms with van der Waals surface area (Å²) in [7, 11) is 5.61. The molecule has 0 saturated heterocycles. The molecule has 0 aromatic rings. The van der Waals surface area contributed by atoms with Crippen LogP contribution in [0.15, 0.2) is 0 Å². The van der Waals surface area contributed by atoms with E-state index >= 15 is 0 Å². The number of aliphatic hydroxyl groups excluding tert-OH is 1. The van der Waals surface area contributed by atoms with E-state index in [-0.39, 0.29) is 6.42 Å². The topological polar surface area (TPSA) is 86.7 Å². The lowest BCUT2D eigenvalue weighted by molar-refractivity contribution is -0.873. The molecule has 6 heteroatoms. The van der Waals surface area contributed by atoms with Gasteiger partial charge in [0.1, 0.15) is 6.54 Å². The van der Waals surface area contributed by atoms with Gasteiger partial charge in [0.05, 0.1) is 33.2 Å². The second kappa shape index (κ2) is 6.70. The molecule has 0 rings (SSSR count). The standard InChI is InChI=1S/C12H23NO5/c1-8(9(2)14)12(17)18-10(6-11(15)16)7-13(3,4)5/h8-10,14H,6-7H2,1-5H3/t8?,9?,10-/m1/s1. The second-order valence-corrected chi connectivity index (χ2v) is 5.64. The van der Waals surface area contributed by atoms with Crippen LogP contribution >= 0.6 is 0 Å². The van der Waals surface area contributed by atoms with Gasteiger partial charge in [-0.3, -0.25) is 4.79 Å². The predicted molar refractivity (Wildman–Crippen MR) is 63.2 cm³/mol. The van der Waals surface area contributed by atoms with E-state index in [1.165, 1.54) is 13.8 Å². The molecule has 18 heavy (non-hydrogen) atoms. The molecule has 0 aliphatic heterocycles. The van der Waals surface area contributed by atoms with Crippen molar-refractivity contribution in [3.63, 3.8) is 0 Å². The lowest BCUT2D eigenvalue weighted by Gasteiger charge is -2.30. The van der Waals surface area contributed by atoms with Crippen LogP contribution in [0.4, 0.5) is 0 Å². The predicted octanol–water partition coefficient (Wildman–Crippen LogP) is -1.24. The normalized spacial score (nSPS) is 16.8. The maximum absolute atomic E-state index is 11.7. The Balaban J connectivity index is 4.59. The number of carbonyl (C=O) groups is 2. The van der Waals surface area contributed by atoms with E-state index in [1.807, 2.05) is 21.1 Å². The summed E-state index contributed by atoms with van der Waals surface area (Å²) in [6, 6.07) is 0. The third-order valence-corrected chi connectivity index (χ3v) is 2.52. The molecule has 0 aliphatic carbocycles. The van der Waals surface area contributed by atoms with Crippen LogP contribution in [0.2, 0.25) is 0 Å². The summed E-state index contributed by atoms with van der Waals surface area (Å²) in [5, 5.41) is 19.9. The number of quaternary nitrogens is 1. The molecule has 6 nitrogen and oxygen atoms in total. The average Bonchev–Trinajstić information content (AvgIpc) is 2.11.